The van der Waals surface area contributed by atoms with Crippen LogP contribution < -0.4 is 10.6 Å². The van der Waals surface area contributed by atoms with Crippen LogP contribution in [0.25, 0.3) is 0 Å². The van der Waals surface area contributed by atoms with Gasteiger partial charge in [0.15, 0.2) is 22.9 Å². The van der Waals surface area contributed by atoms with Crippen LogP contribution in [0.15, 0.2) is 47.8 Å². The van der Waals surface area contributed by atoms with Gasteiger partial charge in [0.05, 0.1) is 31.2 Å². The van der Waals surface area contributed by atoms with Gasteiger partial charge in [0.1, 0.15) is 30.4 Å². The summed E-state index contributed by atoms with van der Waals surface area (Å²) >= 11 is 3.69. The fourth-order valence-corrected chi connectivity index (χ4v) is 5.63. The molecule has 3 rings (SSSR count). The third kappa shape index (κ3) is 6.88. The Morgan fingerprint density at radius 3 is 1.75 bits per heavy atom. The monoisotopic (exact) mass is 848 g/mol. The van der Waals surface area contributed by atoms with Crippen molar-refractivity contribution in [3.8, 4) is 0 Å². The van der Waals surface area contributed by atoms with Crippen molar-refractivity contribution in [3.63, 3.8) is 0 Å². The number of carbonyl (C=O) groups is 3. The average Bonchev–Trinajstić information content (AvgIpc) is 3.15. The smallest absolute Gasteiger partial charge is 0.308 e. The highest BCUT2D eigenvalue weighted by Gasteiger charge is 2.68. The molecule has 2 aromatic carbocycles. The molecule has 1 atom stereocenters. The van der Waals surface area contributed by atoms with Crippen LogP contribution >= 0.6 is 45.2 Å². The first-order valence-corrected chi connectivity index (χ1v) is 15.1. The highest BCUT2D eigenvalue weighted by Crippen LogP contribution is 2.49. The van der Waals surface area contributed by atoms with Gasteiger partial charge in [-0.05, 0) is 95.6 Å². The maximum Gasteiger partial charge on any atom is 0.308 e. The Bertz CT molecular complexity index is 1390. The van der Waals surface area contributed by atoms with Crippen LogP contribution in [0.4, 0.5) is 24.5 Å². The molecule has 240 valence electrons. The number of amides is 1. The number of ketones is 2. The van der Waals surface area contributed by atoms with Crippen LogP contribution in [0.3, 0.4) is 0 Å². The molecule has 1 aliphatic rings. The first-order chi connectivity index (χ1) is 20.8. The number of hydroxylamine groups is 2. The molecule has 0 radical (unpaired) electrons. The Hall–Kier alpha value is -2.40. The van der Waals surface area contributed by atoms with Crippen molar-refractivity contribution in [1.82, 2.24) is 10.1 Å². The van der Waals surface area contributed by atoms with Gasteiger partial charge in [0.2, 0.25) is 5.79 Å². The van der Waals surface area contributed by atoms with E-state index in [1.165, 1.54) is 24.3 Å². The molecule has 0 saturated heterocycles. The first-order valence-electron chi connectivity index (χ1n) is 12.9. The van der Waals surface area contributed by atoms with Crippen LogP contribution in [0.2, 0.25) is 0 Å². The lowest BCUT2D eigenvalue weighted by atomic mass is 9.86. The highest BCUT2D eigenvalue weighted by atomic mass is 127. The second-order valence-electron chi connectivity index (χ2n) is 9.30. The molecule has 1 amide bonds. The van der Waals surface area contributed by atoms with Gasteiger partial charge in [-0.1, -0.05) is 5.23 Å². The molecule has 0 bridgehead atoms. The molecule has 17 heteroatoms. The summed E-state index contributed by atoms with van der Waals surface area (Å²) in [5, 5.41) is 33.6. The number of likely N-dealkylation sites (N-methyl/N-ethyl adjacent to an activating group) is 1. The molecule has 0 aliphatic carbocycles. The van der Waals surface area contributed by atoms with Crippen LogP contribution in [-0.4, -0.2) is 94.3 Å². The molecule has 2 aromatic rings. The summed E-state index contributed by atoms with van der Waals surface area (Å²) in [4.78, 5) is 52.0. The topological polar surface area (TPSA) is 161 Å². The number of hydrogen-bond acceptors (Lipinski definition) is 11. The standard InChI is InChI=1S/C27H29F3I2N4O8/c1-15(40)26(22(41)7-8-37)24(30)23(25(42)36(43-11-9-38)44-12-10-39)27(35(26)2,33-20-5-3-16(31)13-18(20)28)34-21-6-4-17(32)14-19(21)29/h3-6,13-14,33-34,37-39H,7-12H2,1-2H3. The normalized spacial score (nSPS) is 18.0. The predicted octanol–water partition coefficient (Wildman–Crippen LogP) is 2.48. The molecule has 1 heterocycles. The molecule has 44 heavy (non-hydrogen) atoms. The number of nitrogens with zero attached hydrogens (tertiary/aromatic N) is 2. The van der Waals surface area contributed by atoms with E-state index >= 15 is 13.2 Å². The lowest BCUT2D eigenvalue weighted by molar-refractivity contribution is -0.343. The van der Waals surface area contributed by atoms with E-state index in [4.69, 9.17) is 9.68 Å². The summed E-state index contributed by atoms with van der Waals surface area (Å²) in [6.07, 6.45) is -0.740. The van der Waals surface area contributed by atoms with Crippen molar-refractivity contribution < 1.29 is 52.5 Å². The Labute approximate surface area is 277 Å². The zero-order valence-corrected chi connectivity index (χ0v) is 27.7. The molecule has 1 unspecified atom stereocenters. The number of carbonyl (C=O) groups excluding carboxylic acids is 3. The van der Waals surface area contributed by atoms with Gasteiger partial charge in [0, 0.05) is 13.6 Å². The van der Waals surface area contributed by atoms with Crippen LogP contribution in [-0.2, 0) is 24.1 Å². The third-order valence-corrected chi connectivity index (χ3v) is 7.97. The van der Waals surface area contributed by atoms with E-state index in [1.807, 2.05) is 45.2 Å². The molecular weight excluding hydrogens is 819 g/mol. The largest absolute Gasteiger partial charge is 0.396 e. The molecular formula is C27H29F3I2N4O8. The Kier molecular flexibility index (Phi) is 12.5. The number of rotatable bonds is 15. The van der Waals surface area contributed by atoms with Gasteiger partial charge in [-0.2, -0.15) is 0 Å². The van der Waals surface area contributed by atoms with Gasteiger partial charge < -0.3 is 26.0 Å². The van der Waals surface area contributed by atoms with Gasteiger partial charge in [0.25, 0.3) is 0 Å². The second-order valence-corrected chi connectivity index (χ2v) is 11.8. The van der Waals surface area contributed by atoms with Crippen molar-refractivity contribution in [2.24, 2.45) is 0 Å². The van der Waals surface area contributed by atoms with Gasteiger partial charge in [-0.15, -0.1) is 0 Å². The zero-order valence-electron chi connectivity index (χ0n) is 23.4. The van der Waals surface area contributed by atoms with Crippen molar-refractivity contribution in [2.45, 2.75) is 24.7 Å². The third-order valence-electron chi connectivity index (χ3n) is 6.63. The van der Waals surface area contributed by atoms with Crippen LogP contribution in [0.1, 0.15) is 13.3 Å². The van der Waals surface area contributed by atoms with E-state index in [9.17, 15) is 29.7 Å². The lowest BCUT2D eigenvalue weighted by Crippen LogP contribution is -2.68. The maximum absolute atomic E-state index is 17.1. The number of nitrogens with one attached hydrogen (secondary N) is 2. The number of hydrogen-bond donors (Lipinski definition) is 5. The molecule has 5 N–H and O–H groups in total. The Balaban J connectivity index is 2.45. The number of halogens is 5. The van der Waals surface area contributed by atoms with Gasteiger partial charge in [-0.3, -0.25) is 14.4 Å². The summed E-state index contributed by atoms with van der Waals surface area (Å²) < 4.78 is 48.7. The summed E-state index contributed by atoms with van der Waals surface area (Å²) in [7, 11) is 1.07. The maximum atomic E-state index is 17.1. The molecule has 0 saturated carbocycles. The van der Waals surface area contributed by atoms with E-state index in [0.717, 1.165) is 31.0 Å². The minimum absolute atomic E-state index is 0.120. The predicted molar refractivity (Wildman–Crippen MR) is 167 cm³/mol. The average molecular weight is 848 g/mol. The van der Waals surface area contributed by atoms with Crippen molar-refractivity contribution >= 4 is 74.0 Å². The molecule has 1 aliphatic heterocycles. The molecule has 12 nitrogen and oxygen atoms in total. The van der Waals surface area contributed by atoms with Crippen molar-refractivity contribution in [2.75, 3.05) is 50.7 Å². The second kappa shape index (κ2) is 15.3. The number of aliphatic hydroxyl groups excluding tert-OH is 3. The van der Waals surface area contributed by atoms with Crippen LogP contribution in [0.5, 0.6) is 0 Å². The van der Waals surface area contributed by atoms with E-state index in [1.54, 1.807) is 0 Å². The molecule has 0 aromatic heterocycles. The van der Waals surface area contributed by atoms with Crippen molar-refractivity contribution in [1.29, 1.82) is 0 Å². The lowest BCUT2D eigenvalue weighted by Gasteiger charge is -2.45. The van der Waals surface area contributed by atoms with Crippen LogP contribution in [0, 0.1) is 18.8 Å². The summed E-state index contributed by atoms with van der Waals surface area (Å²) in [6.45, 7) is -2.31. The number of benzene rings is 2. The van der Waals surface area contributed by atoms with Gasteiger partial charge >= 0.3 is 5.91 Å². The van der Waals surface area contributed by atoms with E-state index < -0.39 is 91.3 Å². The minimum Gasteiger partial charge on any atom is -0.396 e. The Morgan fingerprint density at radius 2 is 1.36 bits per heavy atom. The first kappa shape index (κ1) is 36.1. The van der Waals surface area contributed by atoms with E-state index in [-0.39, 0.29) is 16.6 Å². The van der Waals surface area contributed by atoms with Crippen molar-refractivity contribution in [3.05, 3.63) is 66.6 Å². The Morgan fingerprint density at radius 1 is 0.886 bits per heavy atom. The number of Topliss-reactive ketones (excluding diaryl/α,β-unsaturated/α-hetero) is 2. The molecule has 0 spiro atoms. The van der Waals surface area contributed by atoms with Gasteiger partial charge in [-0.25, -0.2) is 27.7 Å². The highest BCUT2D eigenvalue weighted by molar-refractivity contribution is 14.1. The summed E-state index contributed by atoms with van der Waals surface area (Å²) in [5.41, 5.74) is -4.70. The SMILES string of the molecule is CC(=O)C1(C(=O)CCO)C(F)=C(C(=O)N(OCCO)OCCO)C(Nc2ccc(I)cc2F)(Nc2ccc(I)cc2F)N1C. The summed E-state index contributed by atoms with van der Waals surface area (Å²) in [5.74, 6) is -9.89. The molecule has 0 fully saturated rings. The minimum atomic E-state index is -2.90. The zero-order chi connectivity index (χ0) is 32.8. The fraction of sp³-hybridized carbons (Fsp3) is 0.370. The fourth-order valence-electron chi connectivity index (χ4n) is 4.72. The number of aliphatic hydroxyl groups is 3. The number of anilines is 2. The quantitative estimate of drug-likeness (QED) is 0.0776. The summed E-state index contributed by atoms with van der Waals surface area (Å²) in [6, 6.07) is 7.63. The van der Waals surface area contributed by atoms with E-state index in [0.29, 0.717) is 7.14 Å². The van der Waals surface area contributed by atoms with E-state index in [2.05, 4.69) is 10.6 Å².